The van der Waals surface area contributed by atoms with Crippen LogP contribution >= 0.6 is 0 Å². The van der Waals surface area contributed by atoms with E-state index in [1.54, 1.807) is 0 Å². The quantitative estimate of drug-likeness (QED) is 0.606. The first kappa shape index (κ1) is 11.6. The van der Waals surface area contributed by atoms with E-state index in [2.05, 4.69) is 4.74 Å². The fourth-order valence-electron chi connectivity index (χ4n) is 0.946. The maximum absolute atomic E-state index is 13.0. The molecule has 3 heteroatoms. The predicted molar refractivity (Wildman–Crippen MR) is 44.1 cm³/mol. The second-order valence-electron chi connectivity index (χ2n) is 2.71. The van der Waals surface area contributed by atoms with E-state index in [-0.39, 0.29) is 6.42 Å². The van der Waals surface area contributed by atoms with Gasteiger partial charge in [-0.3, -0.25) is 0 Å². The maximum Gasteiger partial charge on any atom is 0.277 e. The molecular formula is C9H15F2O. The van der Waals surface area contributed by atoms with Crippen LogP contribution in [0.3, 0.4) is 0 Å². The minimum absolute atomic E-state index is 0.171. The molecule has 1 atom stereocenters. The highest BCUT2D eigenvalue weighted by Gasteiger charge is 2.36. The highest BCUT2D eigenvalue weighted by Crippen LogP contribution is 2.27. The van der Waals surface area contributed by atoms with Crippen LogP contribution in [0, 0.1) is 6.58 Å². The van der Waals surface area contributed by atoms with Crippen molar-refractivity contribution in [1.82, 2.24) is 0 Å². The lowest BCUT2D eigenvalue weighted by molar-refractivity contribution is -0.108. The highest BCUT2D eigenvalue weighted by atomic mass is 19.3. The Bertz CT molecular complexity index is 134. The van der Waals surface area contributed by atoms with Crippen LogP contribution in [0.4, 0.5) is 8.78 Å². The Morgan fingerprint density at radius 1 is 1.58 bits per heavy atom. The zero-order valence-corrected chi connectivity index (χ0v) is 7.52. The molecule has 0 saturated heterocycles. The lowest BCUT2D eigenvalue weighted by Crippen LogP contribution is -2.33. The average molecular weight is 177 g/mol. The van der Waals surface area contributed by atoms with Crippen molar-refractivity contribution in [2.45, 2.75) is 38.2 Å². The van der Waals surface area contributed by atoms with E-state index in [4.69, 9.17) is 6.58 Å². The van der Waals surface area contributed by atoms with Gasteiger partial charge in [-0.1, -0.05) is 19.9 Å². The minimum atomic E-state index is -2.83. The molecule has 71 valence electrons. The Hall–Kier alpha value is -0.440. The zero-order valence-electron chi connectivity index (χ0n) is 7.52. The molecule has 0 aromatic heterocycles. The van der Waals surface area contributed by atoms with Gasteiger partial charge in [0, 0.05) is 13.5 Å². The van der Waals surface area contributed by atoms with Gasteiger partial charge in [-0.05, 0) is 12.5 Å². The third kappa shape index (κ3) is 3.30. The van der Waals surface area contributed by atoms with Gasteiger partial charge < -0.3 is 4.74 Å². The monoisotopic (exact) mass is 177 g/mol. The summed E-state index contributed by atoms with van der Waals surface area (Å²) in [5.74, 6) is -2.83. The van der Waals surface area contributed by atoms with Crippen molar-refractivity contribution in [2.24, 2.45) is 0 Å². The highest BCUT2D eigenvalue weighted by molar-refractivity contribution is 4.89. The number of halogens is 2. The molecule has 0 aromatic rings. The molecule has 0 aliphatic heterocycles. The van der Waals surface area contributed by atoms with Crippen molar-refractivity contribution in [3.05, 3.63) is 12.7 Å². The molecule has 0 aliphatic carbocycles. The Kier molecular flexibility index (Phi) is 5.06. The summed E-state index contributed by atoms with van der Waals surface area (Å²) >= 11 is 0. The molecule has 0 aliphatic rings. The van der Waals surface area contributed by atoms with Gasteiger partial charge >= 0.3 is 0 Å². The molecule has 1 nitrogen and oxygen atoms in total. The summed E-state index contributed by atoms with van der Waals surface area (Å²) in [6.07, 6.45) is 0.701. The van der Waals surface area contributed by atoms with Crippen LogP contribution in [0.5, 0.6) is 0 Å². The van der Waals surface area contributed by atoms with Crippen LogP contribution in [0.1, 0.15) is 26.2 Å². The topological polar surface area (TPSA) is 9.23 Å². The van der Waals surface area contributed by atoms with Crippen molar-refractivity contribution >= 4 is 0 Å². The fourth-order valence-corrected chi connectivity index (χ4v) is 0.946. The minimum Gasteiger partial charge on any atom is -0.371 e. The van der Waals surface area contributed by atoms with Crippen molar-refractivity contribution in [3.8, 4) is 0 Å². The number of alkyl halides is 2. The van der Waals surface area contributed by atoms with E-state index in [0.717, 1.165) is 12.5 Å². The molecular weight excluding hydrogens is 162 g/mol. The zero-order chi connectivity index (χ0) is 9.61. The second-order valence-corrected chi connectivity index (χ2v) is 2.71. The largest absolute Gasteiger partial charge is 0.371 e. The molecule has 0 rings (SSSR count). The van der Waals surface area contributed by atoms with E-state index >= 15 is 0 Å². The molecule has 0 spiro atoms. The van der Waals surface area contributed by atoms with Gasteiger partial charge in [-0.25, -0.2) is 8.78 Å². The molecule has 1 radical (unpaired) electrons. The van der Waals surface area contributed by atoms with Crippen molar-refractivity contribution in [1.29, 1.82) is 0 Å². The third-order valence-corrected chi connectivity index (χ3v) is 1.71. The summed E-state index contributed by atoms with van der Waals surface area (Å²) in [6, 6.07) is 0. The Morgan fingerprint density at radius 3 is 2.50 bits per heavy atom. The van der Waals surface area contributed by atoms with Crippen LogP contribution in [0.25, 0.3) is 0 Å². The van der Waals surface area contributed by atoms with Crippen LogP contribution < -0.4 is 0 Å². The molecule has 0 bridgehead atoms. The summed E-state index contributed by atoms with van der Waals surface area (Å²) < 4.78 is 30.6. The standard InChI is InChI=1S/C9H15F2O/c1-4-6-7-9(10,11)8(5-2)12-3/h2,5,8H,4,6-7H2,1,3H3. The van der Waals surface area contributed by atoms with Gasteiger partial charge in [0.15, 0.2) is 0 Å². The summed E-state index contributed by atoms with van der Waals surface area (Å²) in [6.45, 7) is 6.88. The first-order valence-corrected chi connectivity index (χ1v) is 4.04. The van der Waals surface area contributed by atoms with E-state index in [1.807, 2.05) is 6.92 Å². The van der Waals surface area contributed by atoms with Crippen LogP contribution in [0.2, 0.25) is 0 Å². The summed E-state index contributed by atoms with van der Waals surface area (Å²) in [7, 11) is 1.23. The second kappa shape index (κ2) is 5.25. The summed E-state index contributed by atoms with van der Waals surface area (Å²) in [5, 5.41) is 0. The summed E-state index contributed by atoms with van der Waals surface area (Å²) in [4.78, 5) is 0. The number of ether oxygens (including phenoxy) is 1. The van der Waals surface area contributed by atoms with Gasteiger partial charge in [0.1, 0.15) is 6.10 Å². The van der Waals surface area contributed by atoms with Crippen molar-refractivity contribution in [3.63, 3.8) is 0 Å². The van der Waals surface area contributed by atoms with Gasteiger partial charge in [0.25, 0.3) is 5.92 Å². The van der Waals surface area contributed by atoms with Crippen molar-refractivity contribution < 1.29 is 13.5 Å². The summed E-state index contributed by atoms with van der Waals surface area (Å²) in [5.41, 5.74) is 0. The molecule has 1 unspecified atom stereocenters. The van der Waals surface area contributed by atoms with Gasteiger partial charge in [0.2, 0.25) is 0 Å². The van der Waals surface area contributed by atoms with Gasteiger partial charge in [-0.15, -0.1) is 0 Å². The molecule has 12 heavy (non-hydrogen) atoms. The average Bonchev–Trinajstić information content (AvgIpc) is 2.03. The van der Waals surface area contributed by atoms with Crippen molar-refractivity contribution in [2.75, 3.05) is 7.11 Å². The molecule has 0 saturated carbocycles. The van der Waals surface area contributed by atoms with E-state index in [0.29, 0.717) is 6.42 Å². The Labute approximate surface area is 72.4 Å². The van der Waals surface area contributed by atoms with Crippen LogP contribution in [0.15, 0.2) is 6.08 Å². The van der Waals surface area contributed by atoms with E-state index in [1.165, 1.54) is 7.11 Å². The van der Waals surface area contributed by atoms with Gasteiger partial charge in [0.05, 0.1) is 0 Å². The van der Waals surface area contributed by atoms with E-state index < -0.39 is 12.0 Å². The van der Waals surface area contributed by atoms with Crippen LogP contribution in [-0.2, 0) is 4.74 Å². The van der Waals surface area contributed by atoms with Crippen LogP contribution in [-0.4, -0.2) is 19.1 Å². The molecule has 0 aromatic carbocycles. The maximum atomic E-state index is 13.0. The molecule has 0 amide bonds. The third-order valence-electron chi connectivity index (χ3n) is 1.71. The molecule has 0 fully saturated rings. The number of rotatable bonds is 6. The fraction of sp³-hybridized carbons (Fsp3) is 0.778. The normalized spacial score (nSPS) is 14.3. The number of methoxy groups -OCH3 is 1. The molecule has 0 heterocycles. The predicted octanol–water partition coefficient (Wildman–Crippen LogP) is 2.82. The van der Waals surface area contributed by atoms with Gasteiger partial charge in [-0.2, -0.15) is 0 Å². The molecule has 0 N–H and O–H groups in total. The Morgan fingerprint density at radius 2 is 2.17 bits per heavy atom. The number of hydrogen-bond donors (Lipinski definition) is 0. The number of hydrogen-bond acceptors (Lipinski definition) is 1. The lowest BCUT2D eigenvalue weighted by Gasteiger charge is -2.22. The first-order chi connectivity index (χ1) is 5.58. The SMILES string of the molecule is [CH]=CC(OC)C(F)(F)CCCC. The number of unbranched alkanes of at least 4 members (excludes halogenated alkanes) is 1. The smallest absolute Gasteiger partial charge is 0.277 e. The lowest BCUT2D eigenvalue weighted by atomic mass is 10.1. The first-order valence-electron chi connectivity index (χ1n) is 4.04. The van der Waals surface area contributed by atoms with E-state index in [9.17, 15) is 8.78 Å². The Balaban J connectivity index is 4.04.